The molecule has 0 amide bonds. The standard InChI is InChI=1S/C18H17N5O2/c1-25-15-9-7-14(8-10-15)12-19-22-18-20-17(24)16(21-23-18)11-13-5-3-2-4-6-13/h2-10,12H,11H2,1H3,(H2,20,22,23,24)/b19-12-. The van der Waals surface area contributed by atoms with Crippen LogP contribution in [0.25, 0.3) is 0 Å². The molecule has 2 N–H and O–H groups in total. The van der Waals surface area contributed by atoms with E-state index in [1.165, 1.54) is 0 Å². The van der Waals surface area contributed by atoms with Gasteiger partial charge in [0.2, 0.25) is 5.95 Å². The molecule has 0 aliphatic heterocycles. The van der Waals surface area contributed by atoms with Gasteiger partial charge in [0.05, 0.1) is 13.3 Å². The molecule has 0 spiro atoms. The Hall–Kier alpha value is -3.48. The molecule has 2 aromatic carbocycles. The van der Waals surface area contributed by atoms with Gasteiger partial charge in [-0.05, 0) is 35.4 Å². The first-order valence-electron chi connectivity index (χ1n) is 7.67. The Bertz CT molecular complexity index is 905. The van der Waals surface area contributed by atoms with Crippen molar-refractivity contribution in [3.8, 4) is 5.75 Å². The van der Waals surface area contributed by atoms with Crippen LogP contribution in [0.4, 0.5) is 5.95 Å². The van der Waals surface area contributed by atoms with E-state index < -0.39 is 0 Å². The van der Waals surface area contributed by atoms with Gasteiger partial charge in [-0.25, -0.2) is 5.43 Å². The summed E-state index contributed by atoms with van der Waals surface area (Å²) in [7, 11) is 1.61. The minimum atomic E-state index is -0.291. The summed E-state index contributed by atoms with van der Waals surface area (Å²) >= 11 is 0. The van der Waals surface area contributed by atoms with E-state index in [2.05, 4.69) is 25.7 Å². The number of benzene rings is 2. The lowest BCUT2D eigenvalue weighted by molar-refractivity contribution is 0.415. The lowest BCUT2D eigenvalue weighted by Gasteiger charge is -2.02. The summed E-state index contributed by atoms with van der Waals surface area (Å²) in [6.45, 7) is 0. The van der Waals surface area contributed by atoms with Crippen LogP contribution in [0, 0.1) is 0 Å². The third-order valence-corrected chi connectivity index (χ3v) is 3.48. The molecule has 0 radical (unpaired) electrons. The number of aromatic amines is 1. The Morgan fingerprint density at radius 3 is 2.56 bits per heavy atom. The maximum atomic E-state index is 12.1. The molecule has 7 nitrogen and oxygen atoms in total. The molecule has 1 aromatic heterocycles. The van der Waals surface area contributed by atoms with Crippen molar-refractivity contribution in [2.45, 2.75) is 6.42 Å². The van der Waals surface area contributed by atoms with Crippen molar-refractivity contribution in [3.05, 3.63) is 81.8 Å². The highest BCUT2D eigenvalue weighted by molar-refractivity contribution is 5.80. The molecule has 1 heterocycles. The summed E-state index contributed by atoms with van der Waals surface area (Å²) in [6, 6.07) is 17.0. The Balaban J connectivity index is 1.64. The number of hydrazone groups is 1. The molecule has 0 atom stereocenters. The Morgan fingerprint density at radius 1 is 1.12 bits per heavy atom. The largest absolute Gasteiger partial charge is 0.497 e. The molecular weight excluding hydrogens is 318 g/mol. The highest BCUT2D eigenvalue weighted by Gasteiger charge is 2.05. The number of ether oxygens (including phenoxy) is 1. The molecule has 3 rings (SSSR count). The van der Waals surface area contributed by atoms with E-state index in [1.807, 2.05) is 54.6 Å². The van der Waals surface area contributed by atoms with Gasteiger partial charge in [0.25, 0.3) is 5.56 Å². The minimum Gasteiger partial charge on any atom is -0.497 e. The fourth-order valence-corrected chi connectivity index (χ4v) is 2.17. The molecule has 0 fully saturated rings. The fourth-order valence-electron chi connectivity index (χ4n) is 2.17. The normalized spacial score (nSPS) is 10.8. The van der Waals surface area contributed by atoms with Crippen LogP contribution in [0.1, 0.15) is 16.8 Å². The topological polar surface area (TPSA) is 92.3 Å². The van der Waals surface area contributed by atoms with Gasteiger partial charge in [0, 0.05) is 6.42 Å². The van der Waals surface area contributed by atoms with E-state index in [-0.39, 0.29) is 11.5 Å². The predicted octanol–water partition coefficient (Wildman–Crippen LogP) is 2.21. The van der Waals surface area contributed by atoms with Crippen LogP contribution >= 0.6 is 0 Å². The third kappa shape index (κ3) is 4.51. The molecule has 3 aromatic rings. The number of nitrogens with one attached hydrogen (secondary N) is 2. The second-order valence-corrected chi connectivity index (χ2v) is 5.25. The molecule has 0 bridgehead atoms. The smallest absolute Gasteiger partial charge is 0.274 e. The van der Waals surface area contributed by atoms with E-state index in [0.29, 0.717) is 12.1 Å². The van der Waals surface area contributed by atoms with E-state index >= 15 is 0 Å². The summed E-state index contributed by atoms with van der Waals surface area (Å²) in [5, 5.41) is 12.0. The van der Waals surface area contributed by atoms with Crippen LogP contribution in [0.15, 0.2) is 64.5 Å². The molecule has 25 heavy (non-hydrogen) atoms. The van der Waals surface area contributed by atoms with Crippen LogP contribution < -0.4 is 15.7 Å². The van der Waals surface area contributed by atoms with Crippen molar-refractivity contribution in [2.75, 3.05) is 12.5 Å². The third-order valence-electron chi connectivity index (χ3n) is 3.48. The zero-order valence-corrected chi connectivity index (χ0v) is 13.6. The SMILES string of the molecule is COc1ccc(/C=N\Nc2nnc(Cc3ccccc3)c(=O)[nH]2)cc1. The summed E-state index contributed by atoms with van der Waals surface area (Å²) in [5.74, 6) is 0.959. The molecular formula is C18H17N5O2. The fraction of sp³-hybridized carbons (Fsp3) is 0.111. The average Bonchev–Trinajstić information content (AvgIpc) is 2.65. The highest BCUT2D eigenvalue weighted by atomic mass is 16.5. The predicted molar refractivity (Wildman–Crippen MR) is 96.1 cm³/mol. The van der Waals surface area contributed by atoms with E-state index in [1.54, 1.807) is 13.3 Å². The van der Waals surface area contributed by atoms with Crippen LogP contribution in [-0.4, -0.2) is 28.5 Å². The maximum Gasteiger partial charge on any atom is 0.274 e. The molecule has 0 unspecified atom stereocenters. The Morgan fingerprint density at radius 2 is 1.88 bits per heavy atom. The van der Waals surface area contributed by atoms with E-state index in [4.69, 9.17) is 4.74 Å². The molecule has 0 saturated heterocycles. The van der Waals surface area contributed by atoms with Gasteiger partial charge in [-0.3, -0.25) is 9.78 Å². The second kappa shape index (κ2) is 7.87. The maximum absolute atomic E-state index is 12.1. The molecule has 126 valence electrons. The van der Waals surface area contributed by atoms with Gasteiger partial charge in [-0.15, -0.1) is 10.2 Å². The van der Waals surface area contributed by atoms with Crippen molar-refractivity contribution < 1.29 is 4.74 Å². The van der Waals surface area contributed by atoms with Gasteiger partial charge in [-0.1, -0.05) is 30.3 Å². The summed E-state index contributed by atoms with van der Waals surface area (Å²) in [5.41, 5.74) is 4.61. The lowest BCUT2D eigenvalue weighted by atomic mass is 10.1. The van der Waals surface area contributed by atoms with E-state index in [9.17, 15) is 4.79 Å². The molecule has 0 aliphatic rings. The number of H-pyrrole nitrogens is 1. The number of hydrogen-bond acceptors (Lipinski definition) is 6. The van der Waals surface area contributed by atoms with Gasteiger partial charge >= 0.3 is 0 Å². The van der Waals surface area contributed by atoms with Crippen LogP contribution in [0.2, 0.25) is 0 Å². The van der Waals surface area contributed by atoms with Crippen LogP contribution in [0.3, 0.4) is 0 Å². The van der Waals surface area contributed by atoms with Crippen LogP contribution in [0.5, 0.6) is 5.75 Å². The Kier molecular flexibility index (Phi) is 5.16. The molecule has 0 aliphatic carbocycles. The first-order valence-corrected chi connectivity index (χ1v) is 7.67. The van der Waals surface area contributed by atoms with Gasteiger partial charge in [-0.2, -0.15) is 5.10 Å². The van der Waals surface area contributed by atoms with Crippen molar-refractivity contribution in [2.24, 2.45) is 5.10 Å². The van der Waals surface area contributed by atoms with Crippen LogP contribution in [-0.2, 0) is 6.42 Å². The number of aromatic nitrogens is 3. The number of methoxy groups -OCH3 is 1. The van der Waals surface area contributed by atoms with Crippen molar-refractivity contribution in [1.82, 2.24) is 15.2 Å². The van der Waals surface area contributed by atoms with Crippen molar-refractivity contribution >= 4 is 12.2 Å². The zero-order valence-electron chi connectivity index (χ0n) is 13.6. The number of rotatable bonds is 6. The highest BCUT2D eigenvalue weighted by Crippen LogP contribution is 2.09. The molecule has 7 heteroatoms. The lowest BCUT2D eigenvalue weighted by Crippen LogP contribution is -2.18. The van der Waals surface area contributed by atoms with Gasteiger partial charge in [0.15, 0.2) is 0 Å². The Labute approximate surface area is 144 Å². The van der Waals surface area contributed by atoms with Crippen molar-refractivity contribution in [1.29, 1.82) is 0 Å². The summed E-state index contributed by atoms with van der Waals surface area (Å²) in [6.07, 6.45) is 2.04. The monoisotopic (exact) mass is 335 g/mol. The number of anilines is 1. The zero-order chi connectivity index (χ0) is 17.5. The van der Waals surface area contributed by atoms with Gasteiger partial charge < -0.3 is 4.74 Å². The van der Waals surface area contributed by atoms with Gasteiger partial charge in [0.1, 0.15) is 11.4 Å². The number of nitrogens with zero attached hydrogens (tertiary/aromatic N) is 3. The number of hydrogen-bond donors (Lipinski definition) is 2. The van der Waals surface area contributed by atoms with E-state index in [0.717, 1.165) is 16.9 Å². The second-order valence-electron chi connectivity index (χ2n) is 5.25. The first-order chi connectivity index (χ1) is 12.2. The summed E-state index contributed by atoms with van der Waals surface area (Å²) in [4.78, 5) is 14.7. The quantitative estimate of drug-likeness (QED) is 0.532. The summed E-state index contributed by atoms with van der Waals surface area (Å²) < 4.78 is 5.09. The average molecular weight is 335 g/mol. The molecule has 0 saturated carbocycles. The first kappa shape index (κ1) is 16.4. The van der Waals surface area contributed by atoms with Crippen molar-refractivity contribution in [3.63, 3.8) is 0 Å². The minimum absolute atomic E-state index is 0.187.